The molecule has 1 aromatic carbocycles. The lowest BCUT2D eigenvalue weighted by molar-refractivity contribution is -0.120. The first kappa shape index (κ1) is 16.5. The largest absolute Gasteiger partial charge is 0.493 e. The Morgan fingerprint density at radius 1 is 1.40 bits per heavy atom. The van der Waals surface area contributed by atoms with Crippen LogP contribution in [0.4, 0.5) is 8.78 Å². The van der Waals surface area contributed by atoms with Gasteiger partial charge in [-0.05, 0) is 24.1 Å². The molecule has 1 amide bonds. The van der Waals surface area contributed by atoms with E-state index in [1.807, 2.05) is 6.92 Å². The highest BCUT2D eigenvalue weighted by atomic mass is 35.5. The topological polar surface area (TPSA) is 47.6 Å². The van der Waals surface area contributed by atoms with Gasteiger partial charge in [-0.3, -0.25) is 4.79 Å². The minimum absolute atomic E-state index is 0.145. The summed E-state index contributed by atoms with van der Waals surface area (Å²) in [6.07, 6.45) is 0.776. The number of benzene rings is 1. The summed E-state index contributed by atoms with van der Waals surface area (Å²) in [5.74, 6) is -0.400. The summed E-state index contributed by atoms with van der Waals surface area (Å²) in [6.45, 7) is -0.578. The van der Waals surface area contributed by atoms with E-state index in [4.69, 9.17) is 16.3 Å². The van der Waals surface area contributed by atoms with Gasteiger partial charge in [0, 0.05) is 6.54 Å². The Labute approximate surface area is 121 Å². The van der Waals surface area contributed by atoms with E-state index < -0.39 is 12.0 Å². The van der Waals surface area contributed by atoms with Crippen LogP contribution in [-0.2, 0) is 4.79 Å². The van der Waals surface area contributed by atoms with Gasteiger partial charge in [-0.25, -0.2) is 0 Å². The first-order valence-corrected chi connectivity index (χ1v) is 6.47. The molecule has 0 heterocycles. The Morgan fingerprint density at radius 2 is 2.10 bits per heavy atom. The Morgan fingerprint density at radius 3 is 2.65 bits per heavy atom. The number of carbonyl (C=O) groups excluding carboxylic acids is 1. The zero-order valence-electron chi connectivity index (χ0n) is 11.2. The van der Waals surface area contributed by atoms with Gasteiger partial charge in [-0.2, -0.15) is 8.78 Å². The Kier molecular flexibility index (Phi) is 6.51. The molecule has 0 fully saturated rings. The second-order valence-corrected chi connectivity index (χ2v) is 4.38. The van der Waals surface area contributed by atoms with E-state index in [2.05, 4.69) is 10.1 Å². The fraction of sp³-hybridized carbons (Fsp3) is 0.462. The molecule has 0 aromatic heterocycles. The molecule has 20 heavy (non-hydrogen) atoms. The molecule has 7 heteroatoms. The van der Waals surface area contributed by atoms with E-state index in [0.29, 0.717) is 12.1 Å². The maximum Gasteiger partial charge on any atom is 0.387 e. The Balaban J connectivity index is 2.92. The number of hydrogen-bond acceptors (Lipinski definition) is 3. The molecule has 4 nitrogen and oxygen atoms in total. The quantitative estimate of drug-likeness (QED) is 0.787. The maximum absolute atomic E-state index is 12.3. The number of nitrogens with one attached hydrogen (secondary N) is 1. The van der Waals surface area contributed by atoms with Crippen LogP contribution in [0, 0.1) is 0 Å². The highest BCUT2D eigenvalue weighted by Crippen LogP contribution is 2.33. The third-order valence-corrected chi connectivity index (χ3v) is 2.93. The van der Waals surface area contributed by atoms with Crippen LogP contribution < -0.4 is 14.8 Å². The number of alkyl halides is 3. The maximum atomic E-state index is 12.3. The van der Waals surface area contributed by atoms with Gasteiger partial charge in [0.15, 0.2) is 11.5 Å². The number of methoxy groups -OCH3 is 1. The van der Waals surface area contributed by atoms with Gasteiger partial charge in [0.05, 0.1) is 7.11 Å². The van der Waals surface area contributed by atoms with Gasteiger partial charge in [0.25, 0.3) is 0 Å². The van der Waals surface area contributed by atoms with Gasteiger partial charge in [-0.15, -0.1) is 11.6 Å². The minimum atomic E-state index is -2.98. The molecular formula is C13H16ClF2NO3. The highest BCUT2D eigenvalue weighted by molar-refractivity contribution is 6.30. The van der Waals surface area contributed by atoms with Gasteiger partial charge in [0.1, 0.15) is 5.38 Å². The SMILES string of the molecule is CCCNC(=O)C(Cl)c1ccc(OC)c(OC(F)F)c1. The lowest BCUT2D eigenvalue weighted by atomic mass is 10.1. The molecule has 0 spiro atoms. The van der Waals surface area contributed by atoms with Crippen molar-refractivity contribution < 1.29 is 23.0 Å². The van der Waals surface area contributed by atoms with Crippen LogP contribution in [0.25, 0.3) is 0 Å². The molecule has 1 unspecified atom stereocenters. The van der Waals surface area contributed by atoms with Crippen molar-refractivity contribution in [2.45, 2.75) is 25.3 Å². The number of halogens is 3. The van der Waals surface area contributed by atoms with Crippen molar-refractivity contribution >= 4 is 17.5 Å². The van der Waals surface area contributed by atoms with Crippen LogP contribution in [0.15, 0.2) is 18.2 Å². The molecule has 0 radical (unpaired) electrons. The first-order valence-electron chi connectivity index (χ1n) is 6.04. The summed E-state index contributed by atoms with van der Waals surface area (Å²) in [7, 11) is 1.33. The standard InChI is InChI=1S/C13H16ClF2NO3/c1-3-6-17-12(18)11(14)8-4-5-9(19-2)10(7-8)20-13(15)16/h4-5,7,11,13H,3,6H2,1-2H3,(H,17,18). The molecule has 0 bridgehead atoms. The molecule has 0 aliphatic heterocycles. The van der Waals surface area contributed by atoms with Crippen LogP contribution in [0.1, 0.15) is 24.3 Å². The summed E-state index contributed by atoms with van der Waals surface area (Å²) >= 11 is 6.00. The van der Waals surface area contributed by atoms with E-state index in [1.54, 1.807) is 0 Å². The van der Waals surface area contributed by atoms with Crippen molar-refractivity contribution in [1.82, 2.24) is 5.32 Å². The van der Waals surface area contributed by atoms with Gasteiger partial charge in [0.2, 0.25) is 5.91 Å². The summed E-state index contributed by atoms with van der Waals surface area (Å²) in [6, 6.07) is 4.23. The lowest BCUT2D eigenvalue weighted by Gasteiger charge is -2.14. The number of ether oxygens (including phenoxy) is 2. The fourth-order valence-electron chi connectivity index (χ4n) is 1.53. The molecule has 0 saturated carbocycles. The van der Waals surface area contributed by atoms with E-state index in [-0.39, 0.29) is 17.4 Å². The van der Waals surface area contributed by atoms with E-state index in [9.17, 15) is 13.6 Å². The average molecular weight is 308 g/mol. The first-order chi connectivity index (χ1) is 9.49. The van der Waals surface area contributed by atoms with Crippen molar-refractivity contribution in [3.8, 4) is 11.5 Å². The molecule has 0 aliphatic rings. The van der Waals surface area contributed by atoms with Gasteiger partial charge >= 0.3 is 6.61 Å². The molecule has 112 valence electrons. The van der Waals surface area contributed by atoms with E-state index in [0.717, 1.165) is 6.42 Å². The Hall–Kier alpha value is -1.56. The summed E-state index contributed by atoms with van der Waals surface area (Å²) in [4.78, 5) is 11.7. The second kappa shape index (κ2) is 7.89. The lowest BCUT2D eigenvalue weighted by Crippen LogP contribution is -2.27. The molecule has 1 N–H and O–H groups in total. The smallest absolute Gasteiger partial charge is 0.387 e. The van der Waals surface area contributed by atoms with Crippen LogP contribution in [0.5, 0.6) is 11.5 Å². The normalized spacial score (nSPS) is 12.1. The Bertz CT molecular complexity index is 457. The highest BCUT2D eigenvalue weighted by Gasteiger charge is 2.20. The summed E-state index contributed by atoms with van der Waals surface area (Å²) < 4.78 is 33.9. The number of amides is 1. The molecule has 0 aliphatic carbocycles. The van der Waals surface area contributed by atoms with Crippen molar-refractivity contribution in [3.05, 3.63) is 23.8 Å². The number of rotatable bonds is 7. The van der Waals surface area contributed by atoms with Crippen molar-refractivity contribution in [1.29, 1.82) is 0 Å². The van der Waals surface area contributed by atoms with Crippen LogP contribution >= 0.6 is 11.6 Å². The predicted octanol–water partition coefficient (Wildman–Crippen LogP) is 3.10. The molecule has 0 saturated heterocycles. The minimum Gasteiger partial charge on any atom is -0.493 e. The van der Waals surface area contributed by atoms with Crippen molar-refractivity contribution in [2.75, 3.05) is 13.7 Å². The van der Waals surface area contributed by atoms with Crippen LogP contribution in [0.2, 0.25) is 0 Å². The number of hydrogen-bond donors (Lipinski definition) is 1. The van der Waals surface area contributed by atoms with Crippen molar-refractivity contribution in [3.63, 3.8) is 0 Å². The number of carbonyl (C=O) groups is 1. The monoisotopic (exact) mass is 307 g/mol. The summed E-state index contributed by atoms with van der Waals surface area (Å²) in [5, 5.41) is 1.65. The molecule has 1 aromatic rings. The molecular weight excluding hydrogens is 292 g/mol. The van der Waals surface area contributed by atoms with Crippen molar-refractivity contribution in [2.24, 2.45) is 0 Å². The van der Waals surface area contributed by atoms with Gasteiger partial charge in [-0.1, -0.05) is 13.0 Å². The predicted molar refractivity (Wildman–Crippen MR) is 71.5 cm³/mol. The zero-order valence-corrected chi connectivity index (χ0v) is 11.9. The average Bonchev–Trinajstić information content (AvgIpc) is 2.43. The third-order valence-electron chi connectivity index (χ3n) is 2.48. The molecule has 1 atom stereocenters. The molecule has 1 rings (SSSR count). The van der Waals surface area contributed by atoms with Gasteiger partial charge < -0.3 is 14.8 Å². The van der Waals surface area contributed by atoms with E-state index >= 15 is 0 Å². The second-order valence-electron chi connectivity index (χ2n) is 3.94. The fourth-order valence-corrected chi connectivity index (χ4v) is 1.74. The zero-order chi connectivity index (χ0) is 15.1. The summed E-state index contributed by atoms with van der Waals surface area (Å²) in [5.41, 5.74) is 0.358. The third kappa shape index (κ3) is 4.52. The van der Waals surface area contributed by atoms with Crippen LogP contribution in [0.3, 0.4) is 0 Å². The van der Waals surface area contributed by atoms with Crippen LogP contribution in [-0.4, -0.2) is 26.2 Å². The van der Waals surface area contributed by atoms with E-state index in [1.165, 1.54) is 25.3 Å².